The van der Waals surface area contributed by atoms with Crippen LogP contribution in [0.1, 0.15) is 30.1 Å². The van der Waals surface area contributed by atoms with E-state index >= 15 is 0 Å². The summed E-state index contributed by atoms with van der Waals surface area (Å²) in [6.07, 6.45) is 3.99. The van der Waals surface area contributed by atoms with E-state index in [1.807, 2.05) is 12.1 Å². The van der Waals surface area contributed by atoms with Gasteiger partial charge in [0.1, 0.15) is 11.6 Å². The lowest BCUT2D eigenvalue weighted by molar-refractivity contribution is 0.102. The van der Waals surface area contributed by atoms with Gasteiger partial charge in [-0.3, -0.25) is 4.79 Å². The number of nitrogens with zero attached hydrogens (tertiary/aromatic N) is 2. The molecule has 6 heteroatoms. The lowest BCUT2D eigenvalue weighted by atomic mass is 9.99. The maximum atomic E-state index is 12.4. The highest BCUT2D eigenvalue weighted by Crippen LogP contribution is 2.25. The van der Waals surface area contributed by atoms with E-state index in [4.69, 9.17) is 10.5 Å². The van der Waals surface area contributed by atoms with Gasteiger partial charge in [-0.1, -0.05) is 6.92 Å². The second-order valence-electron chi connectivity index (χ2n) is 6.49. The van der Waals surface area contributed by atoms with Crippen molar-refractivity contribution in [2.75, 3.05) is 36.1 Å². The normalized spacial score (nSPS) is 15.0. The molecule has 1 amide bonds. The van der Waals surface area contributed by atoms with Crippen molar-refractivity contribution in [1.29, 1.82) is 0 Å². The van der Waals surface area contributed by atoms with Crippen LogP contribution in [0.25, 0.3) is 0 Å². The van der Waals surface area contributed by atoms with Gasteiger partial charge >= 0.3 is 0 Å². The minimum absolute atomic E-state index is 0.212. The van der Waals surface area contributed by atoms with Crippen LogP contribution in [0.3, 0.4) is 0 Å². The van der Waals surface area contributed by atoms with Crippen molar-refractivity contribution < 1.29 is 9.53 Å². The number of nitrogens with one attached hydrogen (secondary N) is 1. The molecular formula is C19H24N4O2. The molecule has 1 fully saturated rings. The summed E-state index contributed by atoms with van der Waals surface area (Å²) < 4.78 is 5.11. The smallest absolute Gasteiger partial charge is 0.257 e. The number of nitrogens with two attached hydrogens (primary N) is 1. The maximum absolute atomic E-state index is 12.4. The zero-order chi connectivity index (χ0) is 17.8. The van der Waals surface area contributed by atoms with Crippen molar-refractivity contribution in [2.45, 2.75) is 19.8 Å². The minimum atomic E-state index is -0.212. The molecule has 2 aromatic rings. The van der Waals surface area contributed by atoms with Crippen LogP contribution in [0.2, 0.25) is 0 Å². The largest absolute Gasteiger partial charge is 0.495 e. The molecule has 132 valence electrons. The third kappa shape index (κ3) is 4.02. The second-order valence-corrected chi connectivity index (χ2v) is 6.49. The molecule has 3 rings (SSSR count). The molecule has 0 spiro atoms. The van der Waals surface area contributed by atoms with E-state index in [9.17, 15) is 4.79 Å². The Balaban J connectivity index is 1.65. The Morgan fingerprint density at radius 2 is 2.04 bits per heavy atom. The third-order valence-electron chi connectivity index (χ3n) is 4.61. The van der Waals surface area contributed by atoms with Crippen LogP contribution in [0.4, 0.5) is 17.2 Å². The lowest BCUT2D eigenvalue weighted by Crippen LogP contribution is -2.33. The molecule has 0 aliphatic carbocycles. The Labute approximate surface area is 148 Å². The number of ether oxygens (including phenoxy) is 1. The number of methoxy groups -OCH3 is 1. The number of amides is 1. The highest BCUT2D eigenvalue weighted by atomic mass is 16.5. The highest BCUT2D eigenvalue weighted by molar-refractivity contribution is 6.04. The zero-order valence-corrected chi connectivity index (χ0v) is 14.7. The number of carbonyl (C=O) groups excluding carboxylic acids is 1. The summed E-state index contributed by atoms with van der Waals surface area (Å²) in [6.45, 7) is 4.32. The van der Waals surface area contributed by atoms with Crippen LogP contribution in [0.5, 0.6) is 5.75 Å². The predicted octanol–water partition coefficient (Wildman–Crippen LogP) is 3.16. The summed E-state index contributed by atoms with van der Waals surface area (Å²) in [7, 11) is 1.56. The van der Waals surface area contributed by atoms with E-state index in [0.717, 1.165) is 24.8 Å². The minimum Gasteiger partial charge on any atom is -0.495 e. The fraction of sp³-hybridized carbons (Fsp3) is 0.368. The van der Waals surface area contributed by atoms with Crippen molar-refractivity contribution in [3.05, 3.63) is 42.1 Å². The fourth-order valence-electron chi connectivity index (χ4n) is 2.96. The first-order chi connectivity index (χ1) is 12.1. The number of hydrogen-bond acceptors (Lipinski definition) is 5. The van der Waals surface area contributed by atoms with E-state index in [1.54, 1.807) is 31.5 Å². The van der Waals surface area contributed by atoms with Gasteiger partial charge in [0.05, 0.1) is 18.4 Å². The van der Waals surface area contributed by atoms with Gasteiger partial charge in [-0.05, 0) is 49.1 Å². The van der Waals surface area contributed by atoms with Crippen LogP contribution in [-0.2, 0) is 0 Å². The van der Waals surface area contributed by atoms with Crippen LogP contribution < -0.4 is 20.7 Å². The molecule has 1 aliphatic rings. The molecule has 1 aromatic carbocycles. The predicted molar refractivity (Wildman–Crippen MR) is 100 cm³/mol. The van der Waals surface area contributed by atoms with Crippen LogP contribution in [0, 0.1) is 5.92 Å². The zero-order valence-electron chi connectivity index (χ0n) is 14.7. The van der Waals surface area contributed by atoms with E-state index in [-0.39, 0.29) is 5.91 Å². The monoisotopic (exact) mass is 340 g/mol. The van der Waals surface area contributed by atoms with Gasteiger partial charge in [-0.2, -0.15) is 0 Å². The number of rotatable bonds is 4. The van der Waals surface area contributed by atoms with E-state index in [2.05, 4.69) is 22.1 Å². The summed E-state index contributed by atoms with van der Waals surface area (Å²) in [5, 5.41) is 2.83. The third-order valence-corrected chi connectivity index (χ3v) is 4.61. The van der Waals surface area contributed by atoms with E-state index in [0.29, 0.717) is 22.7 Å². The average molecular weight is 340 g/mol. The number of pyridine rings is 1. The lowest BCUT2D eigenvalue weighted by Gasteiger charge is -2.31. The number of benzene rings is 1. The Kier molecular flexibility index (Phi) is 5.07. The SMILES string of the molecule is COc1ccc(NC(=O)c2ccc(N3CCC(C)CC3)nc2)cc1N. The summed E-state index contributed by atoms with van der Waals surface area (Å²) >= 11 is 0. The Morgan fingerprint density at radius 3 is 2.64 bits per heavy atom. The molecule has 1 saturated heterocycles. The standard InChI is InChI=1S/C19H24N4O2/c1-13-7-9-23(10-8-13)18-6-3-14(12-21-18)19(24)22-15-4-5-17(25-2)16(20)11-15/h3-6,11-13H,7-10,20H2,1-2H3,(H,22,24). The molecule has 3 N–H and O–H groups in total. The van der Waals surface area contributed by atoms with Crippen molar-refractivity contribution in [3.63, 3.8) is 0 Å². The first-order valence-corrected chi connectivity index (χ1v) is 8.52. The summed E-state index contributed by atoms with van der Waals surface area (Å²) in [5.41, 5.74) is 7.48. The number of carbonyl (C=O) groups is 1. The summed E-state index contributed by atoms with van der Waals surface area (Å²) in [4.78, 5) is 19.1. The number of anilines is 3. The Bertz CT molecular complexity index is 738. The molecular weight excluding hydrogens is 316 g/mol. The molecule has 6 nitrogen and oxygen atoms in total. The van der Waals surface area contributed by atoms with E-state index < -0.39 is 0 Å². The number of aromatic nitrogens is 1. The fourth-order valence-corrected chi connectivity index (χ4v) is 2.96. The molecule has 0 unspecified atom stereocenters. The Hall–Kier alpha value is -2.76. The molecule has 1 aliphatic heterocycles. The molecule has 25 heavy (non-hydrogen) atoms. The number of hydrogen-bond donors (Lipinski definition) is 2. The molecule has 0 saturated carbocycles. The maximum Gasteiger partial charge on any atom is 0.257 e. The second kappa shape index (κ2) is 7.42. The first kappa shape index (κ1) is 17.1. The Morgan fingerprint density at radius 1 is 1.28 bits per heavy atom. The molecule has 1 aromatic heterocycles. The van der Waals surface area contributed by atoms with Crippen LogP contribution >= 0.6 is 0 Å². The molecule has 0 bridgehead atoms. The van der Waals surface area contributed by atoms with Crippen molar-refractivity contribution in [1.82, 2.24) is 4.98 Å². The van der Waals surface area contributed by atoms with Crippen LogP contribution in [-0.4, -0.2) is 31.1 Å². The molecule has 0 atom stereocenters. The highest BCUT2D eigenvalue weighted by Gasteiger charge is 2.17. The number of nitrogen functional groups attached to an aromatic ring is 1. The number of piperidine rings is 1. The average Bonchev–Trinajstić information content (AvgIpc) is 2.63. The first-order valence-electron chi connectivity index (χ1n) is 8.52. The van der Waals surface area contributed by atoms with Gasteiger partial charge in [0.15, 0.2) is 0 Å². The quantitative estimate of drug-likeness (QED) is 0.836. The van der Waals surface area contributed by atoms with Crippen LogP contribution in [0.15, 0.2) is 36.5 Å². The molecule has 2 heterocycles. The van der Waals surface area contributed by atoms with Crippen molar-refractivity contribution in [2.24, 2.45) is 5.92 Å². The van der Waals surface area contributed by atoms with Crippen molar-refractivity contribution >= 4 is 23.1 Å². The summed E-state index contributed by atoms with van der Waals surface area (Å²) in [5.74, 6) is 2.08. The topological polar surface area (TPSA) is 80.5 Å². The van der Waals surface area contributed by atoms with Gasteiger partial charge in [0.25, 0.3) is 5.91 Å². The van der Waals surface area contributed by atoms with Gasteiger partial charge < -0.3 is 20.7 Å². The van der Waals surface area contributed by atoms with Gasteiger partial charge in [-0.25, -0.2) is 4.98 Å². The van der Waals surface area contributed by atoms with Crippen molar-refractivity contribution in [3.8, 4) is 5.75 Å². The molecule has 0 radical (unpaired) electrons. The summed E-state index contributed by atoms with van der Waals surface area (Å²) in [6, 6.07) is 8.87. The van der Waals surface area contributed by atoms with Gasteiger partial charge in [-0.15, -0.1) is 0 Å². The van der Waals surface area contributed by atoms with E-state index in [1.165, 1.54) is 12.8 Å². The van der Waals surface area contributed by atoms with Gasteiger partial charge in [0, 0.05) is 25.0 Å². The van der Waals surface area contributed by atoms with Gasteiger partial charge in [0.2, 0.25) is 0 Å².